The molecule has 32 heavy (non-hydrogen) atoms. The van der Waals surface area contributed by atoms with Crippen LogP contribution >= 0.6 is 0 Å². The van der Waals surface area contributed by atoms with Crippen molar-refractivity contribution in [1.82, 2.24) is 9.62 Å². The zero-order valence-corrected chi connectivity index (χ0v) is 19.4. The van der Waals surface area contributed by atoms with Gasteiger partial charge in [0.1, 0.15) is 13.2 Å². The molecule has 0 saturated carbocycles. The molecule has 0 radical (unpaired) electrons. The van der Waals surface area contributed by atoms with Crippen LogP contribution in [0.3, 0.4) is 0 Å². The number of rotatable bonds is 6. The molecular weight excluding hydrogens is 426 g/mol. The van der Waals surface area contributed by atoms with E-state index in [9.17, 15) is 8.42 Å². The Hall–Kier alpha value is -2.29. The van der Waals surface area contributed by atoms with E-state index in [4.69, 9.17) is 9.47 Å². The van der Waals surface area contributed by atoms with Crippen LogP contribution in [0.1, 0.15) is 36.4 Å². The second-order valence-corrected chi connectivity index (χ2v) is 10.6. The van der Waals surface area contributed by atoms with Crippen LogP contribution in [0.4, 0.5) is 5.69 Å². The molecular formula is C24H31N3O4S. The Balaban J connectivity index is 1.38. The van der Waals surface area contributed by atoms with Crippen LogP contribution in [0.15, 0.2) is 41.3 Å². The first-order chi connectivity index (χ1) is 15.5. The maximum absolute atomic E-state index is 13.1. The monoisotopic (exact) mass is 457 g/mol. The summed E-state index contributed by atoms with van der Waals surface area (Å²) in [5, 5.41) is 0. The van der Waals surface area contributed by atoms with E-state index in [0.717, 1.165) is 45.3 Å². The number of hydrogen-bond donors (Lipinski definition) is 1. The van der Waals surface area contributed by atoms with Gasteiger partial charge in [-0.05, 0) is 68.1 Å². The van der Waals surface area contributed by atoms with E-state index in [-0.39, 0.29) is 10.9 Å². The molecule has 0 amide bonds. The normalized spacial score (nSPS) is 19.6. The minimum Gasteiger partial charge on any atom is -0.486 e. The van der Waals surface area contributed by atoms with E-state index in [1.54, 1.807) is 18.2 Å². The van der Waals surface area contributed by atoms with E-state index in [2.05, 4.69) is 39.8 Å². The van der Waals surface area contributed by atoms with Gasteiger partial charge in [-0.15, -0.1) is 0 Å². The van der Waals surface area contributed by atoms with E-state index in [0.29, 0.717) is 31.3 Å². The maximum Gasteiger partial charge on any atom is 0.240 e. The van der Waals surface area contributed by atoms with Gasteiger partial charge >= 0.3 is 0 Å². The van der Waals surface area contributed by atoms with Crippen LogP contribution in [-0.2, 0) is 16.4 Å². The molecule has 1 atom stereocenters. The van der Waals surface area contributed by atoms with Gasteiger partial charge in [-0.3, -0.25) is 4.90 Å². The zero-order chi connectivity index (χ0) is 22.1. The van der Waals surface area contributed by atoms with Crippen LogP contribution in [0, 0.1) is 0 Å². The molecule has 3 aliphatic rings. The Kier molecular flexibility index (Phi) is 6.01. The van der Waals surface area contributed by atoms with Gasteiger partial charge in [0, 0.05) is 37.9 Å². The number of likely N-dealkylation sites (tertiary alicyclic amines) is 1. The van der Waals surface area contributed by atoms with Gasteiger partial charge in [0.05, 0.1) is 4.90 Å². The number of benzene rings is 2. The molecule has 1 saturated heterocycles. The Morgan fingerprint density at radius 2 is 1.75 bits per heavy atom. The average molecular weight is 458 g/mol. The molecule has 0 aliphatic carbocycles. The highest BCUT2D eigenvalue weighted by Gasteiger charge is 2.27. The fourth-order valence-corrected chi connectivity index (χ4v) is 6.04. The first-order valence-electron chi connectivity index (χ1n) is 11.5. The smallest absolute Gasteiger partial charge is 0.240 e. The summed E-state index contributed by atoms with van der Waals surface area (Å²) in [4.78, 5) is 4.91. The number of sulfonamides is 1. The lowest BCUT2D eigenvalue weighted by atomic mass is 9.96. The average Bonchev–Trinajstić information content (AvgIpc) is 3.33. The molecule has 0 unspecified atom stereocenters. The summed E-state index contributed by atoms with van der Waals surface area (Å²) in [6.45, 7) is 4.31. The summed E-state index contributed by atoms with van der Waals surface area (Å²) in [5.41, 5.74) is 3.83. The summed E-state index contributed by atoms with van der Waals surface area (Å²) in [6.07, 6.45) is 4.53. The van der Waals surface area contributed by atoms with Crippen molar-refractivity contribution in [2.75, 3.05) is 51.3 Å². The lowest BCUT2D eigenvalue weighted by Gasteiger charge is -2.32. The molecule has 8 heteroatoms. The molecule has 0 bridgehead atoms. The lowest BCUT2D eigenvalue weighted by molar-refractivity contribution is 0.171. The predicted octanol–water partition coefficient (Wildman–Crippen LogP) is 2.96. The highest BCUT2D eigenvalue weighted by Crippen LogP contribution is 2.34. The second kappa shape index (κ2) is 8.92. The Morgan fingerprint density at radius 1 is 0.969 bits per heavy atom. The number of nitrogens with one attached hydrogen (secondary N) is 1. The van der Waals surface area contributed by atoms with Crippen molar-refractivity contribution in [3.63, 3.8) is 0 Å². The molecule has 7 nitrogen and oxygen atoms in total. The summed E-state index contributed by atoms with van der Waals surface area (Å²) < 4.78 is 40.2. The third-order valence-electron chi connectivity index (χ3n) is 6.71. The van der Waals surface area contributed by atoms with Crippen LogP contribution < -0.4 is 19.1 Å². The highest BCUT2D eigenvalue weighted by atomic mass is 32.2. The number of anilines is 1. The van der Waals surface area contributed by atoms with Gasteiger partial charge in [-0.25, -0.2) is 13.1 Å². The Morgan fingerprint density at radius 3 is 2.56 bits per heavy atom. The SMILES string of the molecule is CN1CCCc2cc([C@H](CNS(=O)(=O)c3ccc4c(c3)OCCO4)N3CCCC3)ccc21. The van der Waals surface area contributed by atoms with Crippen molar-refractivity contribution in [3.05, 3.63) is 47.5 Å². The van der Waals surface area contributed by atoms with E-state index >= 15 is 0 Å². The van der Waals surface area contributed by atoms with Crippen molar-refractivity contribution >= 4 is 15.7 Å². The number of ether oxygens (including phenoxy) is 2. The summed E-state index contributed by atoms with van der Waals surface area (Å²) >= 11 is 0. The number of aryl methyl sites for hydroxylation is 1. The van der Waals surface area contributed by atoms with Crippen molar-refractivity contribution < 1.29 is 17.9 Å². The summed E-state index contributed by atoms with van der Waals surface area (Å²) in [7, 11) is -1.54. The minimum absolute atomic E-state index is 0.0158. The third kappa shape index (κ3) is 4.31. The summed E-state index contributed by atoms with van der Waals surface area (Å²) in [6, 6.07) is 11.5. The fraction of sp³-hybridized carbons (Fsp3) is 0.500. The second-order valence-electron chi connectivity index (χ2n) is 8.83. The minimum atomic E-state index is -3.67. The first kappa shape index (κ1) is 21.6. The molecule has 1 fully saturated rings. The molecule has 1 N–H and O–H groups in total. The number of nitrogens with zero attached hydrogens (tertiary/aromatic N) is 2. The van der Waals surface area contributed by atoms with Crippen LogP contribution in [0.25, 0.3) is 0 Å². The summed E-state index contributed by atoms with van der Waals surface area (Å²) in [5.74, 6) is 1.07. The van der Waals surface area contributed by atoms with Crippen molar-refractivity contribution in [3.8, 4) is 11.5 Å². The van der Waals surface area contributed by atoms with Crippen molar-refractivity contribution in [1.29, 1.82) is 0 Å². The number of fused-ring (bicyclic) bond motifs is 2. The first-order valence-corrected chi connectivity index (χ1v) is 13.0. The molecule has 2 aromatic carbocycles. The Bertz CT molecular complexity index is 1080. The molecule has 3 aliphatic heterocycles. The highest BCUT2D eigenvalue weighted by molar-refractivity contribution is 7.89. The quantitative estimate of drug-likeness (QED) is 0.719. The zero-order valence-electron chi connectivity index (χ0n) is 18.5. The molecule has 2 aromatic rings. The predicted molar refractivity (Wildman–Crippen MR) is 124 cm³/mol. The van der Waals surface area contributed by atoms with E-state index in [1.807, 2.05) is 0 Å². The van der Waals surface area contributed by atoms with Gasteiger partial charge in [-0.1, -0.05) is 12.1 Å². The fourth-order valence-electron chi connectivity index (χ4n) is 4.99. The topological polar surface area (TPSA) is 71.1 Å². The van der Waals surface area contributed by atoms with Crippen molar-refractivity contribution in [2.24, 2.45) is 0 Å². The molecule has 3 heterocycles. The van der Waals surface area contributed by atoms with Crippen LogP contribution in [-0.4, -0.2) is 59.8 Å². The van der Waals surface area contributed by atoms with Gasteiger partial charge in [0.2, 0.25) is 10.0 Å². The largest absolute Gasteiger partial charge is 0.486 e. The third-order valence-corrected chi connectivity index (χ3v) is 8.13. The molecule has 5 rings (SSSR count). The van der Waals surface area contributed by atoms with Gasteiger partial charge < -0.3 is 14.4 Å². The Labute approximate surface area is 190 Å². The lowest BCUT2D eigenvalue weighted by Crippen LogP contribution is -2.37. The maximum atomic E-state index is 13.1. The van der Waals surface area contributed by atoms with Gasteiger partial charge in [0.25, 0.3) is 0 Å². The van der Waals surface area contributed by atoms with Crippen molar-refractivity contribution in [2.45, 2.75) is 36.6 Å². The van der Waals surface area contributed by atoms with Crippen LogP contribution in [0.5, 0.6) is 11.5 Å². The van der Waals surface area contributed by atoms with E-state index < -0.39 is 10.0 Å². The molecule has 0 spiro atoms. The molecule has 0 aromatic heterocycles. The number of hydrogen-bond acceptors (Lipinski definition) is 6. The molecule has 172 valence electrons. The van der Waals surface area contributed by atoms with E-state index in [1.165, 1.54) is 16.8 Å². The van der Waals surface area contributed by atoms with Gasteiger partial charge in [0.15, 0.2) is 11.5 Å². The standard InChI is InChI=1S/C24H31N3O4S/c1-26-10-4-5-18-15-19(6-8-21(18)26)22(27-11-2-3-12-27)17-25-32(28,29)20-7-9-23-24(16-20)31-14-13-30-23/h6-9,15-16,22,25H,2-5,10-14,17H2,1H3/t22-/m0/s1. The van der Waals surface area contributed by atoms with Gasteiger partial charge in [-0.2, -0.15) is 0 Å². The van der Waals surface area contributed by atoms with Crippen LogP contribution in [0.2, 0.25) is 0 Å².